The Bertz CT molecular complexity index is 175. The lowest BCUT2D eigenvalue weighted by molar-refractivity contribution is -0.137. The quantitative estimate of drug-likeness (QED) is 0.313. The first-order chi connectivity index (χ1) is 5.18. The molecule has 0 unspecified atom stereocenters. The van der Waals surface area contributed by atoms with Gasteiger partial charge in [0.15, 0.2) is 0 Å². The van der Waals surface area contributed by atoms with E-state index in [1.165, 1.54) is 0 Å². The second-order valence-electron chi connectivity index (χ2n) is 1.60. The van der Waals surface area contributed by atoms with E-state index in [2.05, 4.69) is 12.6 Å². The van der Waals surface area contributed by atoms with Crippen LogP contribution < -0.4 is 5.73 Å². The van der Waals surface area contributed by atoms with Crippen LogP contribution in [0.25, 0.3) is 0 Å². The van der Waals surface area contributed by atoms with E-state index in [9.17, 15) is 8.99 Å². The third-order valence-corrected chi connectivity index (χ3v) is 0.907. The van der Waals surface area contributed by atoms with Crippen molar-refractivity contribution in [1.29, 1.82) is 0 Å². The van der Waals surface area contributed by atoms with Crippen LogP contribution in [0.1, 0.15) is 0 Å². The molecule has 0 amide bonds. The molecule has 0 radical (unpaired) electrons. The van der Waals surface area contributed by atoms with Crippen LogP contribution in [0.2, 0.25) is 0 Å². The van der Waals surface area contributed by atoms with Crippen LogP contribution in [-0.2, 0) is 9.36 Å². The molecule has 0 aromatic rings. The largest absolute Gasteiger partial charge is 0.507 e. The van der Waals surface area contributed by atoms with Gasteiger partial charge in [-0.2, -0.15) is 12.6 Å². The number of rotatable bonds is 2. The van der Waals surface area contributed by atoms with Gasteiger partial charge in [0.25, 0.3) is 0 Å². The number of thiol groups is 1. The highest BCUT2D eigenvalue weighted by atomic mass is 32.1. The minimum Gasteiger partial charge on any atom is -0.480 e. The van der Waals surface area contributed by atoms with Crippen molar-refractivity contribution in [3.8, 4) is 0 Å². The monoisotopic (exact) mass is 221 g/mol. The van der Waals surface area contributed by atoms with Gasteiger partial charge in [0.05, 0.1) is 0 Å². The Morgan fingerprint density at radius 1 is 1.67 bits per heavy atom. The summed E-state index contributed by atoms with van der Waals surface area (Å²) in [6.45, 7) is 0. The van der Waals surface area contributed by atoms with Gasteiger partial charge in [-0.15, -0.1) is 4.20 Å². The molecule has 0 saturated carbocycles. The molecule has 0 spiro atoms. The average Bonchev–Trinajstić information content (AvgIpc) is 1.82. The number of halogens is 1. The third kappa shape index (κ3) is 22.5. The highest BCUT2D eigenvalue weighted by molar-refractivity contribution is 7.80. The molecule has 0 heterocycles. The molecule has 0 fully saturated rings. The van der Waals surface area contributed by atoms with Crippen molar-refractivity contribution in [2.75, 3.05) is 5.75 Å². The minimum atomic E-state index is -5.14. The summed E-state index contributed by atoms with van der Waals surface area (Å²) in [4.78, 5) is 23.7. The molecule has 0 saturated heterocycles. The van der Waals surface area contributed by atoms with E-state index in [1.54, 1.807) is 0 Å². The highest BCUT2D eigenvalue weighted by Gasteiger charge is 2.06. The van der Waals surface area contributed by atoms with Crippen molar-refractivity contribution < 1.29 is 28.4 Å². The third-order valence-electron chi connectivity index (χ3n) is 0.514. The van der Waals surface area contributed by atoms with Crippen LogP contribution in [0.3, 0.4) is 0 Å². The lowest BCUT2D eigenvalue weighted by Gasteiger charge is -1.96. The van der Waals surface area contributed by atoms with Crippen LogP contribution in [0.4, 0.5) is 4.20 Å². The van der Waals surface area contributed by atoms with Gasteiger partial charge in [-0.1, -0.05) is 0 Å². The number of carbonyl (C=O) groups is 1. The summed E-state index contributed by atoms with van der Waals surface area (Å²) >= 11 is 3.65. The Balaban J connectivity index is 0. The number of aliphatic carboxylic acids is 1. The molecule has 1 atom stereocenters. The lowest BCUT2D eigenvalue weighted by Crippen LogP contribution is -2.31. The Hall–Kier alpha value is -0.140. The number of nitrogens with two attached hydrogens (primary N) is 1. The summed E-state index contributed by atoms with van der Waals surface area (Å²) in [6.07, 6.45) is 0. The Morgan fingerprint density at radius 2 is 1.92 bits per heavy atom. The van der Waals surface area contributed by atoms with Gasteiger partial charge >= 0.3 is 13.9 Å². The van der Waals surface area contributed by atoms with Crippen molar-refractivity contribution >= 4 is 26.5 Å². The first-order valence-corrected chi connectivity index (χ1v) is 4.66. The summed E-state index contributed by atoms with van der Waals surface area (Å²) < 4.78 is 19.0. The first kappa shape index (κ1) is 14.4. The maximum absolute atomic E-state index is 10.4. The molecular formula is C3H9FNO5PS. The summed E-state index contributed by atoms with van der Waals surface area (Å²) in [5.74, 6) is -0.815. The number of hydrogen-bond acceptors (Lipinski definition) is 4. The van der Waals surface area contributed by atoms with E-state index in [4.69, 9.17) is 25.2 Å². The van der Waals surface area contributed by atoms with Gasteiger partial charge in [-0.3, -0.25) is 14.6 Å². The van der Waals surface area contributed by atoms with Crippen LogP contribution in [-0.4, -0.2) is 32.7 Å². The number of carboxylic acid groups (broad SMARTS) is 1. The summed E-state index contributed by atoms with van der Waals surface area (Å²) in [6, 6.07) is -0.816. The second kappa shape index (κ2) is 6.38. The molecule has 0 aromatic carbocycles. The molecule has 0 aliphatic heterocycles. The lowest BCUT2D eigenvalue weighted by atomic mass is 10.4. The van der Waals surface area contributed by atoms with E-state index in [0.717, 1.165) is 0 Å². The van der Waals surface area contributed by atoms with E-state index >= 15 is 0 Å². The molecule has 0 aromatic heterocycles. The molecular weight excluding hydrogens is 212 g/mol. The maximum atomic E-state index is 10.4. The van der Waals surface area contributed by atoms with Crippen molar-refractivity contribution in [3.05, 3.63) is 0 Å². The van der Waals surface area contributed by atoms with E-state index in [0.29, 0.717) is 0 Å². The molecule has 0 aliphatic carbocycles. The van der Waals surface area contributed by atoms with Crippen molar-refractivity contribution in [2.45, 2.75) is 6.04 Å². The van der Waals surface area contributed by atoms with Crippen LogP contribution >= 0.6 is 20.5 Å². The van der Waals surface area contributed by atoms with Gasteiger partial charge in [-0.05, 0) is 0 Å². The normalized spacial score (nSPS) is 12.8. The highest BCUT2D eigenvalue weighted by Crippen LogP contribution is 2.34. The van der Waals surface area contributed by atoms with Crippen molar-refractivity contribution in [1.82, 2.24) is 0 Å². The van der Waals surface area contributed by atoms with Gasteiger partial charge in [0.2, 0.25) is 0 Å². The predicted octanol–water partition coefficient (Wildman–Crippen LogP) is -0.623. The number of carboxylic acids is 1. The Kier molecular flexibility index (Phi) is 7.65. The first-order valence-electron chi connectivity index (χ1n) is 2.53. The predicted molar refractivity (Wildman–Crippen MR) is 42.6 cm³/mol. The SMILES string of the molecule is N[C@@H](CS)C(=O)O.O=P(O)(O)F. The minimum absolute atomic E-state index is 0.190. The number of hydrogen-bond donors (Lipinski definition) is 5. The van der Waals surface area contributed by atoms with Crippen molar-refractivity contribution in [3.63, 3.8) is 0 Å². The average molecular weight is 221 g/mol. The zero-order valence-electron chi connectivity index (χ0n) is 5.79. The molecule has 9 heteroatoms. The summed E-state index contributed by atoms with van der Waals surface area (Å²) in [5.41, 5.74) is 4.94. The Labute approximate surface area is 73.3 Å². The molecule has 0 rings (SSSR count). The zero-order valence-corrected chi connectivity index (χ0v) is 7.58. The van der Waals surface area contributed by atoms with Gasteiger partial charge in [0, 0.05) is 5.75 Å². The maximum Gasteiger partial charge on any atom is 0.507 e. The topological polar surface area (TPSA) is 121 Å². The fourth-order valence-electron chi connectivity index (χ4n) is 0.0781. The van der Waals surface area contributed by atoms with Crippen molar-refractivity contribution in [2.24, 2.45) is 5.73 Å². The molecule has 0 aliphatic rings. The van der Waals surface area contributed by atoms with E-state index in [-0.39, 0.29) is 5.75 Å². The Morgan fingerprint density at radius 3 is 1.92 bits per heavy atom. The summed E-state index contributed by atoms with van der Waals surface area (Å²) in [7, 11) is -5.14. The molecule has 6 nitrogen and oxygen atoms in total. The molecule has 5 N–H and O–H groups in total. The molecule has 12 heavy (non-hydrogen) atoms. The fourth-order valence-corrected chi connectivity index (χ4v) is 0.234. The smallest absolute Gasteiger partial charge is 0.480 e. The second-order valence-corrected chi connectivity index (χ2v) is 2.91. The van der Waals surface area contributed by atoms with Crippen LogP contribution in [0.5, 0.6) is 0 Å². The van der Waals surface area contributed by atoms with Gasteiger partial charge < -0.3 is 10.8 Å². The van der Waals surface area contributed by atoms with Gasteiger partial charge in [0.1, 0.15) is 6.04 Å². The summed E-state index contributed by atoms with van der Waals surface area (Å²) in [5, 5.41) is 8.01. The standard InChI is InChI=1S/C3H7NO2S.FH2O3P/c4-2(1-7)3(5)6;1-5(2,3)4/h2,7H,1,4H2,(H,5,6);(H2,2,3,4)/t2-;/m0./s1. The zero-order chi connectivity index (χ0) is 10.4. The van der Waals surface area contributed by atoms with Crippen LogP contribution in [0, 0.1) is 0 Å². The molecule has 0 bridgehead atoms. The fraction of sp³-hybridized carbons (Fsp3) is 0.667. The van der Waals surface area contributed by atoms with E-state index in [1.807, 2.05) is 0 Å². The van der Waals surface area contributed by atoms with E-state index < -0.39 is 19.9 Å². The van der Waals surface area contributed by atoms with Gasteiger partial charge in [-0.25, -0.2) is 4.57 Å². The van der Waals surface area contributed by atoms with Crippen LogP contribution in [0.15, 0.2) is 0 Å². The molecule has 74 valence electrons.